The van der Waals surface area contributed by atoms with Gasteiger partial charge in [-0.05, 0) is 49.9 Å². The summed E-state index contributed by atoms with van der Waals surface area (Å²) >= 11 is 5.89. The van der Waals surface area contributed by atoms with Crippen LogP contribution in [0.1, 0.15) is 41.8 Å². The van der Waals surface area contributed by atoms with Crippen LogP contribution < -0.4 is 10.1 Å². The standard InChI is InChI=1S/C22H24ClN5O5/c1-13(33-17-6-4-15(23)5-7-17)9-24-21(29)18(14-2-3-14)8-16-10-28(27-26-16)11-20-25-19(12-32-20)22(30)31/h4-7,10,12-14,18H,2-3,8-9,11H2,1H3,(H,24,29)(H,30,31). The van der Waals surface area contributed by atoms with E-state index in [0.717, 1.165) is 19.1 Å². The van der Waals surface area contributed by atoms with E-state index in [-0.39, 0.29) is 36.1 Å². The van der Waals surface area contributed by atoms with Gasteiger partial charge in [0.25, 0.3) is 0 Å². The van der Waals surface area contributed by atoms with E-state index in [2.05, 4.69) is 20.6 Å². The Kier molecular flexibility index (Phi) is 6.93. The van der Waals surface area contributed by atoms with Gasteiger partial charge in [0.1, 0.15) is 24.7 Å². The molecule has 1 aliphatic rings. The van der Waals surface area contributed by atoms with E-state index in [1.54, 1.807) is 30.5 Å². The fraction of sp³-hybridized carbons (Fsp3) is 0.409. The minimum absolute atomic E-state index is 0.0302. The van der Waals surface area contributed by atoms with Gasteiger partial charge in [0.2, 0.25) is 11.8 Å². The molecule has 1 aromatic carbocycles. The molecule has 0 bridgehead atoms. The van der Waals surface area contributed by atoms with Crippen molar-refractivity contribution in [3.05, 3.63) is 59.0 Å². The highest BCUT2D eigenvalue weighted by molar-refractivity contribution is 6.30. The maximum absolute atomic E-state index is 12.9. The Balaban J connectivity index is 1.29. The number of carbonyl (C=O) groups excluding carboxylic acids is 1. The molecule has 2 unspecified atom stereocenters. The fourth-order valence-corrected chi connectivity index (χ4v) is 3.62. The number of oxazole rings is 1. The van der Waals surface area contributed by atoms with Crippen LogP contribution in [0.25, 0.3) is 0 Å². The summed E-state index contributed by atoms with van der Waals surface area (Å²) in [7, 11) is 0. The number of hydrogen-bond donors (Lipinski definition) is 2. The predicted molar refractivity (Wildman–Crippen MR) is 117 cm³/mol. The number of nitrogens with one attached hydrogen (secondary N) is 1. The van der Waals surface area contributed by atoms with Crippen LogP contribution in [0.2, 0.25) is 5.02 Å². The van der Waals surface area contributed by atoms with Gasteiger partial charge in [-0.2, -0.15) is 0 Å². The van der Waals surface area contributed by atoms with Crippen molar-refractivity contribution < 1.29 is 23.8 Å². The van der Waals surface area contributed by atoms with Gasteiger partial charge in [0.05, 0.1) is 12.2 Å². The molecule has 0 saturated heterocycles. The van der Waals surface area contributed by atoms with Crippen LogP contribution in [0.15, 0.2) is 41.1 Å². The minimum Gasteiger partial charge on any atom is -0.489 e. The second-order valence-electron chi connectivity index (χ2n) is 8.11. The van der Waals surface area contributed by atoms with Crippen molar-refractivity contribution in [2.45, 2.75) is 38.8 Å². The van der Waals surface area contributed by atoms with Crippen LogP contribution in [0.4, 0.5) is 0 Å². The lowest BCUT2D eigenvalue weighted by atomic mass is 9.97. The zero-order valence-electron chi connectivity index (χ0n) is 18.0. The van der Waals surface area contributed by atoms with Crippen LogP contribution in [0, 0.1) is 11.8 Å². The molecule has 1 aliphatic carbocycles. The third kappa shape index (κ3) is 6.32. The summed E-state index contributed by atoms with van der Waals surface area (Å²) < 4.78 is 12.5. The molecule has 0 aliphatic heterocycles. The number of ether oxygens (including phenoxy) is 1. The molecule has 1 fully saturated rings. The van der Waals surface area contributed by atoms with E-state index < -0.39 is 5.97 Å². The Morgan fingerprint density at radius 2 is 2.09 bits per heavy atom. The monoisotopic (exact) mass is 473 g/mol. The van der Waals surface area contributed by atoms with Crippen LogP contribution >= 0.6 is 11.6 Å². The molecule has 1 saturated carbocycles. The first-order chi connectivity index (χ1) is 15.9. The summed E-state index contributed by atoms with van der Waals surface area (Å²) in [6.45, 7) is 2.43. The summed E-state index contributed by atoms with van der Waals surface area (Å²) in [4.78, 5) is 27.7. The first-order valence-corrected chi connectivity index (χ1v) is 11.0. The van der Waals surface area contributed by atoms with Gasteiger partial charge >= 0.3 is 5.97 Å². The number of aromatic carboxylic acids is 1. The first kappa shape index (κ1) is 22.8. The summed E-state index contributed by atoms with van der Waals surface area (Å²) in [5, 5.41) is 20.8. The van der Waals surface area contributed by atoms with E-state index >= 15 is 0 Å². The number of halogens is 1. The molecule has 0 spiro atoms. The normalized spacial score (nSPS) is 15.1. The van der Waals surface area contributed by atoms with Gasteiger partial charge in [-0.3, -0.25) is 4.79 Å². The van der Waals surface area contributed by atoms with Crippen molar-refractivity contribution in [2.24, 2.45) is 11.8 Å². The third-order valence-corrected chi connectivity index (χ3v) is 5.58. The molecule has 3 aromatic rings. The number of aromatic nitrogens is 4. The van der Waals surface area contributed by atoms with Crippen molar-refractivity contribution in [1.82, 2.24) is 25.3 Å². The largest absolute Gasteiger partial charge is 0.489 e. The maximum Gasteiger partial charge on any atom is 0.357 e. The highest BCUT2D eigenvalue weighted by atomic mass is 35.5. The summed E-state index contributed by atoms with van der Waals surface area (Å²) in [6.07, 6.45) is 5.09. The molecule has 11 heteroatoms. The van der Waals surface area contributed by atoms with Crippen molar-refractivity contribution in [3.8, 4) is 5.75 Å². The van der Waals surface area contributed by atoms with Crippen molar-refractivity contribution in [1.29, 1.82) is 0 Å². The molecule has 2 aromatic heterocycles. The van der Waals surface area contributed by atoms with Gasteiger partial charge in [0.15, 0.2) is 5.69 Å². The lowest BCUT2D eigenvalue weighted by Gasteiger charge is -2.19. The lowest BCUT2D eigenvalue weighted by molar-refractivity contribution is -0.126. The Morgan fingerprint density at radius 1 is 1.33 bits per heavy atom. The average Bonchev–Trinajstić information content (AvgIpc) is 3.35. The molecule has 33 heavy (non-hydrogen) atoms. The molecule has 2 N–H and O–H groups in total. The maximum atomic E-state index is 12.9. The van der Waals surface area contributed by atoms with E-state index in [1.165, 1.54) is 4.68 Å². The molecule has 0 radical (unpaired) electrons. The van der Waals surface area contributed by atoms with E-state index in [4.69, 9.17) is 25.9 Å². The molecule has 10 nitrogen and oxygen atoms in total. The van der Waals surface area contributed by atoms with Crippen molar-refractivity contribution in [2.75, 3.05) is 6.54 Å². The zero-order chi connectivity index (χ0) is 23.4. The molecule has 2 heterocycles. The van der Waals surface area contributed by atoms with Crippen molar-refractivity contribution >= 4 is 23.5 Å². The Morgan fingerprint density at radius 3 is 2.76 bits per heavy atom. The third-order valence-electron chi connectivity index (χ3n) is 5.33. The summed E-state index contributed by atoms with van der Waals surface area (Å²) in [6, 6.07) is 7.09. The van der Waals surface area contributed by atoms with E-state index in [1.807, 2.05) is 6.92 Å². The molecule has 4 rings (SSSR count). The van der Waals surface area contributed by atoms with Gasteiger partial charge in [-0.15, -0.1) is 5.10 Å². The summed E-state index contributed by atoms with van der Waals surface area (Å²) in [5.41, 5.74) is 0.516. The Labute approximate surface area is 194 Å². The SMILES string of the molecule is CC(CNC(=O)C(Cc1cn(Cc2nc(C(=O)O)co2)nn1)C1CC1)Oc1ccc(Cl)cc1. The van der Waals surface area contributed by atoms with Gasteiger partial charge < -0.3 is 19.6 Å². The first-order valence-electron chi connectivity index (χ1n) is 10.6. The number of amides is 1. The average molecular weight is 474 g/mol. The quantitative estimate of drug-likeness (QED) is 0.434. The van der Waals surface area contributed by atoms with E-state index in [9.17, 15) is 9.59 Å². The number of carboxylic acids is 1. The number of carbonyl (C=O) groups is 2. The molecule has 174 valence electrons. The number of rotatable bonds is 11. The molecular formula is C22H24ClN5O5. The Bertz CT molecular complexity index is 1110. The summed E-state index contributed by atoms with van der Waals surface area (Å²) in [5.74, 6) is -0.147. The number of hydrogen-bond acceptors (Lipinski definition) is 7. The highest BCUT2D eigenvalue weighted by Crippen LogP contribution is 2.38. The van der Waals surface area contributed by atoms with Crippen LogP contribution in [0.5, 0.6) is 5.75 Å². The van der Waals surface area contributed by atoms with E-state index in [0.29, 0.717) is 35.3 Å². The fourth-order valence-electron chi connectivity index (χ4n) is 3.49. The predicted octanol–water partition coefficient (Wildman–Crippen LogP) is 2.82. The van der Waals surface area contributed by atoms with Crippen LogP contribution in [-0.4, -0.2) is 49.6 Å². The highest BCUT2D eigenvalue weighted by Gasteiger charge is 2.36. The minimum atomic E-state index is -1.16. The molecular weight excluding hydrogens is 450 g/mol. The number of carboxylic acid groups (broad SMARTS) is 1. The number of nitrogens with zero attached hydrogens (tertiary/aromatic N) is 4. The lowest BCUT2D eigenvalue weighted by Crippen LogP contribution is -2.38. The zero-order valence-corrected chi connectivity index (χ0v) is 18.7. The van der Waals surface area contributed by atoms with Gasteiger partial charge in [-0.25, -0.2) is 14.5 Å². The molecule has 1 amide bonds. The van der Waals surface area contributed by atoms with Crippen LogP contribution in [-0.2, 0) is 17.8 Å². The topological polar surface area (TPSA) is 132 Å². The molecule has 2 atom stereocenters. The smallest absolute Gasteiger partial charge is 0.357 e. The second kappa shape index (κ2) is 10.0. The van der Waals surface area contributed by atoms with Gasteiger partial charge in [-0.1, -0.05) is 16.8 Å². The second-order valence-corrected chi connectivity index (χ2v) is 8.55. The van der Waals surface area contributed by atoms with Crippen LogP contribution in [0.3, 0.4) is 0 Å². The Hall–Kier alpha value is -3.40. The van der Waals surface area contributed by atoms with Gasteiger partial charge in [0, 0.05) is 23.6 Å². The van der Waals surface area contributed by atoms with Crippen molar-refractivity contribution in [3.63, 3.8) is 0 Å². The number of benzene rings is 1.